The van der Waals surface area contributed by atoms with Crippen LogP contribution in [0, 0.1) is 0 Å². The summed E-state index contributed by atoms with van der Waals surface area (Å²) in [4.78, 5) is 14.4. The lowest BCUT2D eigenvalue weighted by Crippen LogP contribution is -2.07. The molecule has 0 aliphatic rings. The maximum atomic E-state index is 12.3. The van der Waals surface area contributed by atoms with Gasteiger partial charge in [-0.2, -0.15) is 0 Å². The van der Waals surface area contributed by atoms with Gasteiger partial charge in [0.1, 0.15) is 0 Å². The minimum Gasteiger partial charge on any atom is -0.378 e. The van der Waals surface area contributed by atoms with Gasteiger partial charge in [0.05, 0.1) is 0 Å². The van der Waals surface area contributed by atoms with Crippen molar-refractivity contribution in [2.45, 2.75) is 0 Å². The van der Waals surface area contributed by atoms with Gasteiger partial charge in [-0.3, -0.25) is 4.79 Å². The van der Waals surface area contributed by atoms with Crippen LogP contribution < -0.4 is 4.90 Å². The zero-order valence-corrected chi connectivity index (χ0v) is 13.4. The summed E-state index contributed by atoms with van der Waals surface area (Å²) < 4.78 is 0. The van der Waals surface area contributed by atoms with Gasteiger partial charge < -0.3 is 4.90 Å². The Kier molecular flexibility index (Phi) is 4.24. The lowest BCUT2D eigenvalue weighted by molar-refractivity contribution is 0.104. The molecule has 0 bridgehead atoms. The molecule has 2 nitrogen and oxygen atoms in total. The zero-order chi connectivity index (χ0) is 16.2. The molecule has 0 saturated carbocycles. The van der Waals surface area contributed by atoms with Gasteiger partial charge in [-0.05, 0) is 40.6 Å². The van der Waals surface area contributed by atoms with Crippen molar-refractivity contribution in [3.05, 3.63) is 83.9 Å². The van der Waals surface area contributed by atoms with Crippen molar-refractivity contribution in [1.29, 1.82) is 0 Å². The number of carbonyl (C=O) groups excluding carboxylic acids is 1. The number of fused-ring (bicyclic) bond motifs is 1. The Morgan fingerprint density at radius 3 is 2.26 bits per heavy atom. The number of benzene rings is 3. The normalized spacial score (nSPS) is 11.0. The van der Waals surface area contributed by atoms with Crippen LogP contribution in [-0.4, -0.2) is 19.9 Å². The monoisotopic (exact) mass is 301 g/mol. The number of nitrogens with zero attached hydrogens (tertiary/aromatic N) is 1. The molecule has 0 unspecified atom stereocenters. The number of hydrogen-bond acceptors (Lipinski definition) is 2. The molecule has 0 atom stereocenters. The summed E-state index contributed by atoms with van der Waals surface area (Å²) in [6.07, 6.45) is 3.49. The molecule has 3 aromatic rings. The lowest BCUT2D eigenvalue weighted by Gasteiger charge is -2.11. The maximum Gasteiger partial charge on any atom is 0.185 e. The summed E-state index contributed by atoms with van der Waals surface area (Å²) >= 11 is 0. The predicted octanol–water partition coefficient (Wildman–Crippen LogP) is 4.80. The largest absolute Gasteiger partial charge is 0.378 e. The van der Waals surface area contributed by atoms with Gasteiger partial charge >= 0.3 is 0 Å². The van der Waals surface area contributed by atoms with E-state index in [2.05, 4.69) is 0 Å². The molecular formula is C21H19NO. The molecule has 3 aromatic carbocycles. The first-order valence-corrected chi connectivity index (χ1v) is 7.62. The number of allylic oxidation sites excluding steroid dienone is 1. The molecule has 0 heterocycles. The molecule has 0 N–H and O–H groups in total. The van der Waals surface area contributed by atoms with Crippen molar-refractivity contribution < 1.29 is 4.79 Å². The molecule has 0 saturated heterocycles. The van der Waals surface area contributed by atoms with Crippen LogP contribution in [0.3, 0.4) is 0 Å². The number of hydrogen-bond donors (Lipinski definition) is 0. The molecule has 3 rings (SSSR count). The number of rotatable bonds is 4. The van der Waals surface area contributed by atoms with Gasteiger partial charge in [0.2, 0.25) is 0 Å². The molecule has 0 fully saturated rings. The van der Waals surface area contributed by atoms with E-state index in [1.165, 1.54) is 0 Å². The number of carbonyl (C=O) groups is 1. The molecule has 0 aromatic heterocycles. The highest BCUT2D eigenvalue weighted by Gasteiger charge is 2.03. The molecule has 0 aliphatic carbocycles. The Bertz CT molecular complexity index is 860. The second-order valence-corrected chi connectivity index (χ2v) is 5.75. The molecule has 0 aliphatic heterocycles. The fourth-order valence-electron chi connectivity index (χ4n) is 2.49. The second kappa shape index (κ2) is 6.49. The summed E-state index contributed by atoms with van der Waals surface area (Å²) in [6.45, 7) is 0. The fourth-order valence-corrected chi connectivity index (χ4v) is 2.49. The lowest BCUT2D eigenvalue weighted by atomic mass is 10.0. The van der Waals surface area contributed by atoms with Gasteiger partial charge in [0.15, 0.2) is 5.78 Å². The average molecular weight is 301 g/mol. The van der Waals surface area contributed by atoms with Gasteiger partial charge in [-0.1, -0.05) is 54.6 Å². The van der Waals surface area contributed by atoms with Crippen LogP contribution in [0.5, 0.6) is 0 Å². The Morgan fingerprint density at radius 1 is 0.870 bits per heavy atom. The van der Waals surface area contributed by atoms with E-state index in [1.807, 2.05) is 91.8 Å². The third-order valence-electron chi connectivity index (χ3n) is 3.87. The third-order valence-corrected chi connectivity index (χ3v) is 3.87. The first-order valence-electron chi connectivity index (χ1n) is 7.62. The van der Waals surface area contributed by atoms with Crippen molar-refractivity contribution in [3.63, 3.8) is 0 Å². The number of ketones is 1. The van der Waals surface area contributed by atoms with Crippen LogP contribution in [-0.2, 0) is 0 Å². The summed E-state index contributed by atoms with van der Waals surface area (Å²) in [7, 11) is 4.02. The molecule has 114 valence electrons. The Labute approximate surface area is 136 Å². The van der Waals surface area contributed by atoms with E-state index in [4.69, 9.17) is 0 Å². The minimum atomic E-state index is 0.0208. The molecule has 0 amide bonds. The molecule has 2 heteroatoms. The van der Waals surface area contributed by atoms with E-state index in [9.17, 15) is 4.79 Å². The molecule has 0 radical (unpaired) electrons. The highest BCUT2D eigenvalue weighted by atomic mass is 16.1. The Hall–Kier alpha value is -2.87. The maximum absolute atomic E-state index is 12.3. The van der Waals surface area contributed by atoms with Crippen molar-refractivity contribution in [3.8, 4) is 0 Å². The van der Waals surface area contributed by atoms with E-state index in [0.29, 0.717) is 5.56 Å². The van der Waals surface area contributed by atoms with Crippen LogP contribution in [0.1, 0.15) is 15.9 Å². The topological polar surface area (TPSA) is 20.3 Å². The van der Waals surface area contributed by atoms with Crippen LogP contribution in [0.2, 0.25) is 0 Å². The second-order valence-electron chi connectivity index (χ2n) is 5.75. The highest BCUT2D eigenvalue weighted by Crippen LogP contribution is 2.17. The van der Waals surface area contributed by atoms with Crippen molar-refractivity contribution in [2.75, 3.05) is 19.0 Å². The van der Waals surface area contributed by atoms with Crippen molar-refractivity contribution >= 4 is 28.3 Å². The van der Waals surface area contributed by atoms with E-state index in [0.717, 1.165) is 22.0 Å². The van der Waals surface area contributed by atoms with Crippen molar-refractivity contribution in [1.82, 2.24) is 0 Å². The van der Waals surface area contributed by atoms with Crippen LogP contribution in [0.25, 0.3) is 16.8 Å². The summed E-state index contributed by atoms with van der Waals surface area (Å²) in [6, 6.07) is 22.0. The smallest absolute Gasteiger partial charge is 0.185 e. The first kappa shape index (κ1) is 15.0. The van der Waals surface area contributed by atoms with Crippen molar-refractivity contribution in [2.24, 2.45) is 0 Å². The van der Waals surface area contributed by atoms with Gasteiger partial charge in [0, 0.05) is 25.3 Å². The zero-order valence-electron chi connectivity index (χ0n) is 13.4. The summed E-state index contributed by atoms with van der Waals surface area (Å²) in [5.74, 6) is 0.0208. The fraction of sp³-hybridized carbons (Fsp3) is 0.0952. The quantitative estimate of drug-likeness (QED) is 0.509. The number of anilines is 1. The molecular weight excluding hydrogens is 282 g/mol. The molecule has 0 spiro atoms. The SMILES string of the molecule is CN(C)c1ccc(C=CC(=O)c2ccc3ccccc3c2)cc1. The van der Waals surface area contributed by atoms with Crippen LogP contribution >= 0.6 is 0 Å². The summed E-state index contributed by atoms with van der Waals surface area (Å²) in [5.41, 5.74) is 2.87. The van der Waals surface area contributed by atoms with E-state index in [1.54, 1.807) is 6.08 Å². The third kappa shape index (κ3) is 3.49. The van der Waals surface area contributed by atoms with Gasteiger partial charge in [-0.15, -0.1) is 0 Å². The van der Waals surface area contributed by atoms with Gasteiger partial charge in [-0.25, -0.2) is 0 Å². The minimum absolute atomic E-state index is 0.0208. The highest BCUT2D eigenvalue weighted by molar-refractivity contribution is 6.08. The average Bonchev–Trinajstić information content (AvgIpc) is 2.59. The predicted molar refractivity (Wildman–Crippen MR) is 98.1 cm³/mol. The Morgan fingerprint density at radius 2 is 1.57 bits per heavy atom. The van der Waals surface area contributed by atoms with Crippen LogP contribution in [0.4, 0.5) is 5.69 Å². The van der Waals surface area contributed by atoms with Gasteiger partial charge in [0.25, 0.3) is 0 Å². The Balaban J connectivity index is 1.79. The molecule has 23 heavy (non-hydrogen) atoms. The van der Waals surface area contributed by atoms with E-state index >= 15 is 0 Å². The van der Waals surface area contributed by atoms with E-state index in [-0.39, 0.29) is 5.78 Å². The summed E-state index contributed by atoms with van der Waals surface area (Å²) in [5, 5.41) is 2.23. The standard InChI is InChI=1S/C21H19NO/c1-22(2)20-12-7-16(8-13-20)9-14-21(23)19-11-10-17-5-3-4-6-18(17)15-19/h3-15H,1-2H3. The van der Waals surface area contributed by atoms with Crippen LogP contribution in [0.15, 0.2) is 72.8 Å². The van der Waals surface area contributed by atoms with E-state index < -0.39 is 0 Å². The first-order chi connectivity index (χ1) is 11.1.